The van der Waals surface area contributed by atoms with E-state index >= 15 is 0 Å². The number of aliphatic carboxylic acids is 1. The molecular formula is C5H10ClNO3. The third-order valence-corrected chi connectivity index (χ3v) is 0.544. The molecule has 0 saturated carbocycles. The van der Waals surface area contributed by atoms with Crippen LogP contribution in [0.5, 0.6) is 0 Å². The molecule has 0 aliphatic rings. The number of carboxylic acid groups (broad SMARTS) is 1. The van der Waals surface area contributed by atoms with E-state index in [2.05, 4.69) is 9.99 Å². The van der Waals surface area contributed by atoms with E-state index in [4.69, 9.17) is 5.11 Å². The molecule has 0 rings (SSSR count). The number of hydrogen-bond acceptors (Lipinski definition) is 3. The van der Waals surface area contributed by atoms with E-state index in [1.54, 1.807) is 6.92 Å². The first-order valence-corrected chi connectivity index (χ1v) is 2.63. The molecule has 0 amide bonds. The number of hydrogen-bond donors (Lipinski definition) is 1. The molecule has 10 heavy (non-hydrogen) atoms. The number of rotatable bonds is 4. The van der Waals surface area contributed by atoms with Crippen molar-refractivity contribution in [2.45, 2.75) is 13.3 Å². The Labute approximate surface area is 65.3 Å². The molecule has 0 radical (unpaired) electrons. The molecule has 0 atom stereocenters. The summed E-state index contributed by atoms with van der Waals surface area (Å²) in [7, 11) is 0. The van der Waals surface area contributed by atoms with E-state index in [0.29, 0.717) is 6.61 Å². The highest BCUT2D eigenvalue weighted by molar-refractivity contribution is 5.85. The molecule has 0 unspecified atom stereocenters. The van der Waals surface area contributed by atoms with Crippen LogP contribution in [-0.2, 0) is 9.63 Å². The minimum Gasteiger partial charge on any atom is -0.481 e. The average molecular weight is 168 g/mol. The van der Waals surface area contributed by atoms with Gasteiger partial charge >= 0.3 is 5.97 Å². The summed E-state index contributed by atoms with van der Waals surface area (Å²) in [4.78, 5) is 14.3. The maximum atomic E-state index is 9.82. The van der Waals surface area contributed by atoms with Gasteiger partial charge in [-0.2, -0.15) is 0 Å². The molecule has 0 aromatic heterocycles. The van der Waals surface area contributed by atoms with Gasteiger partial charge in [0.2, 0.25) is 0 Å². The van der Waals surface area contributed by atoms with Crippen molar-refractivity contribution < 1.29 is 14.7 Å². The summed E-state index contributed by atoms with van der Waals surface area (Å²) in [6, 6.07) is 0. The number of carbonyl (C=O) groups is 1. The van der Waals surface area contributed by atoms with Gasteiger partial charge in [-0.05, 0) is 6.92 Å². The van der Waals surface area contributed by atoms with Crippen molar-refractivity contribution in [1.29, 1.82) is 0 Å². The lowest BCUT2D eigenvalue weighted by molar-refractivity contribution is -0.135. The molecule has 0 saturated heterocycles. The van der Waals surface area contributed by atoms with Gasteiger partial charge in [0.25, 0.3) is 0 Å². The first-order valence-electron chi connectivity index (χ1n) is 2.63. The van der Waals surface area contributed by atoms with Crippen LogP contribution >= 0.6 is 12.4 Å². The molecular weight excluding hydrogens is 158 g/mol. The quantitative estimate of drug-likeness (QED) is 0.500. The van der Waals surface area contributed by atoms with Crippen LogP contribution in [0.1, 0.15) is 13.3 Å². The monoisotopic (exact) mass is 167 g/mol. The average Bonchev–Trinajstić information content (AvgIpc) is 1.80. The van der Waals surface area contributed by atoms with Gasteiger partial charge in [0.1, 0.15) is 6.61 Å². The van der Waals surface area contributed by atoms with Crippen LogP contribution in [0.15, 0.2) is 5.16 Å². The molecule has 5 heteroatoms. The van der Waals surface area contributed by atoms with Gasteiger partial charge in [-0.25, -0.2) is 0 Å². The van der Waals surface area contributed by atoms with Crippen molar-refractivity contribution in [3.63, 3.8) is 0 Å². The molecule has 0 aliphatic carbocycles. The second-order valence-electron chi connectivity index (χ2n) is 1.30. The van der Waals surface area contributed by atoms with Gasteiger partial charge in [-0.15, -0.1) is 12.4 Å². The normalized spacial score (nSPS) is 8.90. The lowest BCUT2D eigenvalue weighted by Crippen LogP contribution is -1.94. The lowest BCUT2D eigenvalue weighted by Gasteiger charge is -1.87. The molecule has 1 N–H and O–H groups in total. The highest BCUT2D eigenvalue weighted by Crippen LogP contribution is 1.75. The highest BCUT2D eigenvalue weighted by Gasteiger charge is 1.88. The van der Waals surface area contributed by atoms with Crippen LogP contribution < -0.4 is 0 Å². The van der Waals surface area contributed by atoms with Gasteiger partial charge in [0.15, 0.2) is 0 Å². The van der Waals surface area contributed by atoms with Gasteiger partial charge in [-0.1, -0.05) is 5.16 Å². The third-order valence-electron chi connectivity index (χ3n) is 0.544. The summed E-state index contributed by atoms with van der Waals surface area (Å²) in [5, 5.41) is 11.4. The standard InChI is InChI=1S/C5H9NO3.ClH/c1-2-9-6-4-3-5(7)8;/h4H,2-3H2,1H3,(H,7,8);1H. The summed E-state index contributed by atoms with van der Waals surface area (Å²) in [5.41, 5.74) is 0. The number of halogens is 1. The Hall–Kier alpha value is -0.770. The molecule has 0 spiro atoms. The Bertz CT molecular complexity index is 115. The molecule has 4 nitrogen and oxygen atoms in total. The van der Waals surface area contributed by atoms with E-state index < -0.39 is 5.97 Å². The zero-order chi connectivity index (χ0) is 7.11. The summed E-state index contributed by atoms with van der Waals surface area (Å²) in [6.07, 6.45) is 1.13. The van der Waals surface area contributed by atoms with E-state index in [1.165, 1.54) is 6.21 Å². The fourth-order valence-electron chi connectivity index (χ4n) is 0.243. The first-order chi connectivity index (χ1) is 4.27. The lowest BCUT2D eigenvalue weighted by atomic mass is 10.5. The summed E-state index contributed by atoms with van der Waals surface area (Å²) < 4.78 is 0. The van der Waals surface area contributed by atoms with Crippen LogP contribution in [0.2, 0.25) is 0 Å². The zero-order valence-electron chi connectivity index (χ0n) is 5.61. The Morgan fingerprint density at radius 2 is 2.40 bits per heavy atom. The van der Waals surface area contributed by atoms with Crippen LogP contribution in [0.25, 0.3) is 0 Å². The van der Waals surface area contributed by atoms with Crippen molar-refractivity contribution in [1.82, 2.24) is 0 Å². The Kier molecular flexibility index (Phi) is 9.84. The minimum absolute atomic E-state index is 0. The van der Waals surface area contributed by atoms with Gasteiger partial charge in [-0.3, -0.25) is 4.79 Å². The fraction of sp³-hybridized carbons (Fsp3) is 0.600. The predicted molar refractivity (Wildman–Crippen MR) is 39.6 cm³/mol. The predicted octanol–water partition coefficient (Wildman–Crippen LogP) is 0.905. The van der Waals surface area contributed by atoms with Crippen LogP contribution in [0.3, 0.4) is 0 Å². The van der Waals surface area contributed by atoms with Crippen LogP contribution in [0, 0.1) is 0 Å². The molecule has 0 heterocycles. The zero-order valence-corrected chi connectivity index (χ0v) is 6.43. The molecule has 0 bridgehead atoms. The summed E-state index contributed by atoms with van der Waals surface area (Å²) >= 11 is 0. The van der Waals surface area contributed by atoms with Crippen molar-refractivity contribution in [3.05, 3.63) is 0 Å². The van der Waals surface area contributed by atoms with Crippen molar-refractivity contribution in [3.8, 4) is 0 Å². The smallest absolute Gasteiger partial charge is 0.308 e. The second kappa shape index (κ2) is 8.23. The van der Waals surface area contributed by atoms with E-state index in [1.807, 2.05) is 0 Å². The van der Waals surface area contributed by atoms with Gasteiger partial charge < -0.3 is 9.94 Å². The SMILES string of the molecule is CCON=CCC(=O)O.Cl. The number of nitrogens with zero attached hydrogens (tertiary/aromatic N) is 1. The summed E-state index contributed by atoms with van der Waals surface area (Å²) in [5.74, 6) is -0.904. The largest absolute Gasteiger partial charge is 0.481 e. The van der Waals surface area contributed by atoms with Gasteiger partial charge in [0.05, 0.1) is 12.6 Å². The molecule has 0 aliphatic heterocycles. The highest BCUT2D eigenvalue weighted by atomic mass is 35.5. The molecule has 0 fully saturated rings. The number of oxime groups is 1. The van der Waals surface area contributed by atoms with Crippen LogP contribution in [-0.4, -0.2) is 23.9 Å². The second-order valence-corrected chi connectivity index (χ2v) is 1.30. The summed E-state index contributed by atoms with van der Waals surface area (Å²) in [6.45, 7) is 2.24. The Balaban J connectivity index is 0. The Morgan fingerprint density at radius 3 is 2.80 bits per heavy atom. The van der Waals surface area contributed by atoms with Crippen molar-refractivity contribution in [2.24, 2.45) is 5.16 Å². The van der Waals surface area contributed by atoms with Gasteiger partial charge in [0, 0.05) is 0 Å². The maximum absolute atomic E-state index is 9.82. The molecule has 60 valence electrons. The Morgan fingerprint density at radius 1 is 1.80 bits per heavy atom. The van der Waals surface area contributed by atoms with E-state index in [9.17, 15) is 4.79 Å². The van der Waals surface area contributed by atoms with Crippen LogP contribution in [0.4, 0.5) is 0 Å². The van der Waals surface area contributed by atoms with E-state index in [0.717, 1.165) is 0 Å². The molecule has 0 aromatic rings. The first kappa shape index (κ1) is 12.0. The maximum Gasteiger partial charge on any atom is 0.308 e. The minimum atomic E-state index is -0.904. The van der Waals surface area contributed by atoms with Crippen molar-refractivity contribution >= 4 is 24.6 Å². The number of carboxylic acids is 1. The van der Waals surface area contributed by atoms with Crippen molar-refractivity contribution in [2.75, 3.05) is 6.61 Å². The van der Waals surface area contributed by atoms with E-state index in [-0.39, 0.29) is 18.8 Å². The topological polar surface area (TPSA) is 58.9 Å². The fourth-order valence-corrected chi connectivity index (χ4v) is 0.243. The third kappa shape index (κ3) is 10.3. The molecule has 0 aromatic carbocycles.